The fourth-order valence-corrected chi connectivity index (χ4v) is 2.28. The van der Waals surface area contributed by atoms with Gasteiger partial charge in [-0.2, -0.15) is 0 Å². The molecule has 2 aromatic heterocycles. The van der Waals surface area contributed by atoms with E-state index in [1.807, 2.05) is 19.9 Å². The number of nitrogens with two attached hydrogens (primary N) is 1. The minimum Gasteiger partial charge on any atom is -0.465 e. The van der Waals surface area contributed by atoms with Crippen molar-refractivity contribution in [3.8, 4) is 0 Å². The molecule has 20 heavy (non-hydrogen) atoms. The Balaban J connectivity index is 2.06. The number of aromatic nitrogens is 1. The second kappa shape index (κ2) is 6.68. The minimum atomic E-state index is 0.451. The van der Waals surface area contributed by atoms with Crippen LogP contribution in [0.3, 0.4) is 0 Å². The number of pyridine rings is 1. The summed E-state index contributed by atoms with van der Waals surface area (Å²) in [5.41, 5.74) is 8.99. The molecule has 0 amide bonds. The summed E-state index contributed by atoms with van der Waals surface area (Å²) < 4.78 is 5.61. The van der Waals surface area contributed by atoms with Gasteiger partial charge in [-0.3, -0.25) is 9.88 Å². The van der Waals surface area contributed by atoms with Crippen molar-refractivity contribution >= 4 is 0 Å². The van der Waals surface area contributed by atoms with Gasteiger partial charge in [-0.25, -0.2) is 0 Å². The SMILES string of the molecule is CCN(Cc1cccc(C)n1)Cc1cc(CN)oc1C. The fraction of sp³-hybridized carbons (Fsp3) is 0.438. The zero-order chi connectivity index (χ0) is 14.5. The van der Waals surface area contributed by atoms with Crippen LogP contribution >= 0.6 is 0 Å². The quantitative estimate of drug-likeness (QED) is 0.879. The first-order chi connectivity index (χ1) is 9.62. The number of hydrogen-bond donors (Lipinski definition) is 1. The molecule has 0 saturated heterocycles. The maximum Gasteiger partial charge on any atom is 0.118 e. The molecule has 0 bridgehead atoms. The van der Waals surface area contributed by atoms with Gasteiger partial charge in [0.15, 0.2) is 0 Å². The van der Waals surface area contributed by atoms with Crippen molar-refractivity contribution in [3.05, 3.63) is 52.7 Å². The predicted octanol–water partition coefficient (Wildman–Crippen LogP) is 2.77. The van der Waals surface area contributed by atoms with Crippen molar-refractivity contribution in [3.63, 3.8) is 0 Å². The molecule has 2 heterocycles. The second-order valence-electron chi connectivity index (χ2n) is 5.07. The molecule has 2 rings (SSSR count). The first-order valence-electron chi connectivity index (χ1n) is 7.05. The van der Waals surface area contributed by atoms with Gasteiger partial charge in [0.2, 0.25) is 0 Å². The van der Waals surface area contributed by atoms with E-state index in [0.717, 1.165) is 42.5 Å². The molecule has 0 aliphatic rings. The molecule has 0 aliphatic carbocycles. The highest BCUT2D eigenvalue weighted by Crippen LogP contribution is 2.17. The Bertz CT molecular complexity index is 563. The van der Waals surface area contributed by atoms with E-state index in [0.29, 0.717) is 6.54 Å². The summed E-state index contributed by atoms with van der Waals surface area (Å²) in [5, 5.41) is 0. The predicted molar refractivity (Wildman–Crippen MR) is 80.1 cm³/mol. The summed E-state index contributed by atoms with van der Waals surface area (Å²) in [7, 11) is 0. The van der Waals surface area contributed by atoms with Crippen molar-refractivity contribution in [1.29, 1.82) is 0 Å². The summed E-state index contributed by atoms with van der Waals surface area (Å²) in [5.74, 6) is 1.81. The van der Waals surface area contributed by atoms with Crippen LogP contribution < -0.4 is 5.73 Å². The molecule has 0 aliphatic heterocycles. The van der Waals surface area contributed by atoms with Crippen LogP contribution in [0.4, 0.5) is 0 Å². The van der Waals surface area contributed by atoms with E-state index >= 15 is 0 Å². The molecule has 4 heteroatoms. The van der Waals surface area contributed by atoms with Gasteiger partial charge in [-0.1, -0.05) is 13.0 Å². The highest BCUT2D eigenvalue weighted by atomic mass is 16.3. The van der Waals surface area contributed by atoms with Gasteiger partial charge >= 0.3 is 0 Å². The number of aryl methyl sites for hydroxylation is 2. The molecule has 0 aromatic carbocycles. The molecule has 0 fully saturated rings. The van der Waals surface area contributed by atoms with Crippen molar-refractivity contribution in [2.45, 2.75) is 40.4 Å². The van der Waals surface area contributed by atoms with E-state index in [2.05, 4.69) is 35.0 Å². The average Bonchev–Trinajstić information content (AvgIpc) is 2.78. The van der Waals surface area contributed by atoms with E-state index in [9.17, 15) is 0 Å². The molecule has 0 radical (unpaired) electrons. The molecule has 2 N–H and O–H groups in total. The third kappa shape index (κ3) is 3.68. The third-order valence-electron chi connectivity index (χ3n) is 3.45. The van der Waals surface area contributed by atoms with Crippen LogP contribution in [0.5, 0.6) is 0 Å². The molecule has 0 saturated carbocycles. The Labute approximate surface area is 120 Å². The number of nitrogens with zero attached hydrogens (tertiary/aromatic N) is 2. The lowest BCUT2D eigenvalue weighted by molar-refractivity contribution is 0.266. The van der Waals surface area contributed by atoms with Crippen LogP contribution in [0.15, 0.2) is 28.7 Å². The Hall–Kier alpha value is -1.65. The van der Waals surface area contributed by atoms with Gasteiger partial charge in [0.25, 0.3) is 0 Å². The summed E-state index contributed by atoms with van der Waals surface area (Å²) in [6.45, 7) is 9.31. The van der Waals surface area contributed by atoms with Crippen LogP contribution in [0.2, 0.25) is 0 Å². The Kier molecular flexibility index (Phi) is 4.93. The highest BCUT2D eigenvalue weighted by Gasteiger charge is 2.11. The molecule has 4 nitrogen and oxygen atoms in total. The Morgan fingerprint density at radius 2 is 2.05 bits per heavy atom. The number of rotatable bonds is 6. The first kappa shape index (κ1) is 14.8. The average molecular weight is 273 g/mol. The maximum absolute atomic E-state index is 5.62. The van der Waals surface area contributed by atoms with Crippen molar-refractivity contribution in [2.24, 2.45) is 5.73 Å². The normalized spacial score (nSPS) is 11.2. The largest absolute Gasteiger partial charge is 0.465 e. The van der Waals surface area contributed by atoms with Gasteiger partial charge in [-0.05, 0) is 38.6 Å². The molecule has 0 atom stereocenters. The van der Waals surface area contributed by atoms with Gasteiger partial charge in [0.1, 0.15) is 11.5 Å². The van der Waals surface area contributed by atoms with Crippen molar-refractivity contribution in [1.82, 2.24) is 9.88 Å². The lowest BCUT2D eigenvalue weighted by atomic mass is 10.2. The highest BCUT2D eigenvalue weighted by molar-refractivity contribution is 5.21. The van der Waals surface area contributed by atoms with Crippen LogP contribution in [0, 0.1) is 13.8 Å². The zero-order valence-corrected chi connectivity index (χ0v) is 12.5. The molecule has 0 unspecified atom stereocenters. The second-order valence-corrected chi connectivity index (χ2v) is 5.07. The van der Waals surface area contributed by atoms with Gasteiger partial charge in [0.05, 0.1) is 12.2 Å². The first-order valence-corrected chi connectivity index (χ1v) is 7.05. The van der Waals surface area contributed by atoms with Gasteiger partial charge in [-0.15, -0.1) is 0 Å². The molecule has 0 spiro atoms. The summed E-state index contributed by atoms with van der Waals surface area (Å²) in [6, 6.07) is 8.21. The summed E-state index contributed by atoms with van der Waals surface area (Å²) in [6.07, 6.45) is 0. The van der Waals surface area contributed by atoms with E-state index in [4.69, 9.17) is 10.2 Å². The molecule has 2 aromatic rings. The van der Waals surface area contributed by atoms with Crippen molar-refractivity contribution < 1.29 is 4.42 Å². The van der Waals surface area contributed by atoms with E-state index in [1.54, 1.807) is 0 Å². The van der Waals surface area contributed by atoms with E-state index in [-0.39, 0.29) is 0 Å². The van der Waals surface area contributed by atoms with E-state index in [1.165, 1.54) is 5.56 Å². The summed E-state index contributed by atoms with van der Waals surface area (Å²) >= 11 is 0. The lowest BCUT2D eigenvalue weighted by Crippen LogP contribution is -2.23. The standard InChI is InChI=1S/C16H23N3O/c1-4-19(11-15-7-5-6-12(2)18-15)10-14-8-16(9-17)20-13(14)3/h5-8H,4,9-11,17H2,1-3H3. The molecule has 108 valence electrons. The monoisotopic (exact) mass is 273 g/mol. The van der Waals surface area contributed by atoms with E-state index < -0.39 is 0 Å². The minimum absolute atomic E-state index is 0.451. The van der Waals surface area contributed by atoms with Gasteiger partial charge < -0.3 is 10.2 Å². The third-order valence-corrected chi connectivity index (χ3v) is 3.45. The number of furan rings is 1. The van der Waals surface area contributed by atoms with Gasteiger partial charge in [0, 0.05) is 24.3 Å². The summed E-state index contributed by atoms with van der Waals surface area (Å²) in [4.78, 5) is 6.91. The van der Waals surface area contributed by atoms with Crippen LogP contribution in [0.1, 0.15) is 35.4 Å². The Morgan fingerprint density at radius 3 is 2.65 bits per heavy atom. The topological polar surface area (TPSA) is 55.3 Å². The Morgan fingerprint density at radius 1 is 1.25 bits per heavy atom. The maximum atomic E-state index is 5.62. The lowest BCUT2D eigenvalue weighted by Gasteiger charge is -2.19. The number of hydrogen-bond acceptors (Lipinski definition) is 4. The van der Waals surface area contributed by atoms with Crippen LogP contribution in [-0.2, 0) is 19.6 Å². The molecular formula is C16H23N3O. The van der Waals surface area contributed by atoms with Crippen molar-refractivity contribution in [2.75, 3.05) is 6.54 Å². The molecular weight excluding hydrogens is 250 g/mol. The van der Waals surface area contributed by atoms with Crippen LogP contribution in [0.25, 0.3) is 0 Å². The fourth-order valence-electron chi connectivity index (χ4n) is 2.28. The van der Waals surface area contributed by atoms with Crippen LogP contribution in [-0.4, -0.2) is 16.4 Å². The smallest absolute Gasteiger partial charge is 0.118 e. The zero-order valence-electron chi connectivity index (χ0n) is 12.5.